The summed E-state index contributed by atoms with van der Waals surface area (Å²) >= 11 is 3.61. The van der Waals surface area contributed by atoms with E-state index in [2.05, 4.69) is 34.2 Å². The number of halogens is 2. The van der Waals surface area contributed by atoms with Crippen LogP contribution in [0.2, 0.25) is 0 Å². The van der Waals surface area contributed by atoms with E-state index in [1.807, 2.05) is 12.1 Å². The molecule has 4 aliphatic carbocycles. The van der Waals surface area contributed by atoms with Crippen molar-refractivity contribution < 1.29 is 9.13 Å². The molecule has 0 aliphatic heterocycles. The molecule has 30 heavy (non-hydrogen) atoms. The molecule has 0 amide bonds. The van der Waals surface area contributed by atoms with Gasteiger partial charge in [0.1, 0.15) is 18.2 Å². The normalized spacial score (nSPS) is 30.4. The molecule has 4 aliphatic rings. The van der Waals surface area contributed by atoms with Gasteiger partial charge in [0.25, 0.3) is 0 Å². The molecule has 0 heterocycles. The molecule has 0 aromatic heterocycles. The van der Waals surface area contributed by atoms with Crippen molar-refractivity contribution in [2.75, 3.05) is 0 Å². The predicted molar refractivity (Wildman–Crippen MR) is 122 cm³/mol. The molecule has 0 unspecified atom stereocenters. The second kappa shape index (κ2) is 8.27. The highest BCUT2D eigenvalue weighted by atomic mass is 79.9. The minimum atomic E-state index is -0.217. The number of nitrogens with one attached hydrogen (secondary N) is 1. The van der Waals surface area contributed by atoms with Gasteiger partial charge in [-0.05, 0) is 105 Å². The van der Waals surface area contributed by atoms with Gasteiger partial charge in [-0.3, -0.25) is 0 Å². The van der Waals surface area contributed by atoms with Crippen molar-refractivity contribution >= 4 is 15.9 Å². The molecule has 1 atom stereocenters. The van der Waals surface area contributed by atoms with Crippen molar-refractivity contribution in [1.29, 1.82) is 0 Å². The van der Waals surface area contributed by atoms with E-state index in [1.165, 1.54) is 56.2 Å². The number of ether oxygens (including phenoxy) is 1. The Morgan fingerprint density at radius 2 is 1.67 bits per heavy atom. The van der Waals surface area contributed by atoms with E-state index in [0.717, 1.165) is 40.1 Å². The molecule has 4 bridgehead atoms. The fraction of sp³-hybridized carbons (Fsp3) is 0.538. The van der Waals surface area contributed by atoms with Gasteiger partial charge < -0.3 is 10.1 Å². The largest absolute Gasteiger partial charge is 0.489 e. The van der Waals surface area contributed by atoms with Crippen LogP contribution in [-0.2, 0) is 13.2 Å². The monoisotopic (exact) mass is 471 g/mol. The molecule has 2 aromatic carbocycles. The van der Waals surface area contributed by atoms with Gasteiger partial charge in [-0.25, -0.2) is 4.39 Å². The quantitative estimate of drug-likeness (QED) is 0.475. The lowest BCUT2D eigenvalue weighted by atomic mass is 9.48. The summed E-state index contributed by atoms with van der Waals surface area (Å²) in [7, 11) is 0. The lowest BCUT2D eigenvalue weighted by Crippen LogP contribution is -2.54. The molecule has 2 nitrogen and oxygen atoms in total. The van der Waals surface area contributed by atoms with Crippen LogP contribution in [0.3, 0.4) is 0 Å². The highest BCUT2D eigenvalue weighted by Gasteiger charge is 2.52. The fourth-order valence-electron chi connectivity index (χ4n) is 6.76. The Hall–Kier alpha value is -1.39. The third-order valence-corrected chi connectivity index (χ3v) is 8.43. The van der Waals surface area contributed by atoms with Crippen molar-refractivity contribution in [3.63, 3.8) is 0 Å². The van der Waals surface area contributed by atoms with Gasteiger partial charge in [-0.1, -0.05) is 28.1 Å². The van der Waals surface area contributed by atoms with Crippen molar-refractivity contribution in [2.24, 2.45) is 23.2 Å². The van der Waals surface area contributed by atoms with E-state index in [9.17, 15) is 4.39 Å². The van der Waals surface area contributed by atoms with Crippen LogP contribution >= 0.6 is 15.9 Å². The van der Waals surface area contributed by atoms with Crippen LogP contribution < -0.4 is 10.1 Å². The molecule has 2 aromatic rings. The van der Waals surface area contributed by atoms with E-state index < -0.39 is 0 Å². The predicted octanol–water partition coefficient (Wildman–Crippen LogP) is 6.86. The zero-order chi connectivity index (χ0) is 20.7. The molecule has 0 spiro atoms. The summed E-state index contributed by atoms with van der Waals surface area (Å²) in [5.74, 6) is 3.60. The van der Waals surface area contributed by atoms with Crippen LogP contribution in [0.5, 0.6) is 5.75 Å². The zero-order valence-corrected chi connectivity index (χ0v) is 19.3. The summed E-state index contributed by atoms with van der Waals surface area (Å²) in [6.45, 7) is 3.66. The smallest absolute Gasteiger partial charge is 0.124 e. The van der Waals surface area contributed by atoms with Crippen molar-refractivity contribution in [2.45, 2.75) is 64.6 Å². The zero-order valence-electron chi connectivity index (χ0n) is 17.7. The highest BCUT2D eigenvalue weighted by Crippen LogP contribution is 2.61. The molecule has 0 saturated heterocycles. The van der Waals surface area contributed by atoms with Crippen molar-refractivity contribution in [3.8, 4) is 5.75 Å². The maximum atomic E-state index is 13.1. The molecule has 4 fully saturated rings. The van der Waals surface area contributed by atoms with Crippen LogP contribution in [0, 0.1) is 29.0 Å². The van der Waals surface area contributed by atoms with Gasteiger partial charge in [0.05, 0.1) is 0 Å². The van der Waals surface area contributed by atoms with E-state index in [1.54, 1.807) is 12.1 Å². The van der Waals surface area contributed by atoms with Gasteiger partial charge in [0, 0.05) is 22.6 Å². The lowest BCUT2D eigenvalue weighted by Gasteiger charge is -2.59. The molecular weight excluding hydrogens is 441 g/mol. The molecule has 0 radical (unpaired) electrons. The van der Waals surface area contributed by atoms with E-state index in [-0.39, 0.29) is 5.82 Å². The van der Waals surface area contributed by atoms with Gasteiger partial charge in [-0.2, -0.15) is 0 Å². The van der Waals surface area contributed by atoms with Crippen molar-refractivity contribution in [1.82, 2.24) is 5.32 Å². The standard InChI is InChI=1S/C26H31BrFNO/c1-17(26-12-19-8-20(13-26)10-21(9-19)14-26)29-15-22-11-23(27)4-7-25(22)30-16-18-2-5-24(28)6-3-18/h2-7,11,17,19-21,29H,8-10,12-16H2,1H3/t17-,19?,20?,21?,26?/m1/s1. The highest BCUT2D eigenvalue weighted by molar-refractivity contribution is 9.10. The van der Waals surface area contributed by atoms with Crippen molar-refractivity contribution in [3.05, 3.63) is 63.9 Å². The summed E-state index contributed by atoms with van der Waals surface area (Å²) in [5.41, 5.74) is 2.64. The average Bonchev–Trinajstić information content (AvgIpc) is 2.71. The summed E-state index contributed by atoms with van der Waals surface area (Å²) in [4.78, 5) is 0. The summed E-state index contributed by atoms with van der Waals surface area (Å²) in [6.07, 6.45) is 8.70. The van der Waals surface area contributed by atoms with Crippen LogP contribution in [-0.4, -0.2) is 6.04 Å². The van der Waals surface area contributed by atoms with Gasteiger partial charge in [0.2, 0.25) is 0 Å². The molecule has 4 saturated carbocycles. The Bertz CT molecular complexity index is 861. The van der Waals surface area contributed by atoms with E-state index >= 15 is 0 Å². The number of hydrogen-bond donors (Lipinski definition) is 1. The Labute approximate surface area is 187 Å². The number of hydrogen-bond acceptors (Lipinski definition) is 2. The molecule has 4 heteroatoms. The Kier molecular flexibility index (Phi) is 5.66. The van der Waals surface area contributed by atoms with Crippen LogP contribution in [0.15, 0.2) is 46.9 Å². The Balaban J connectivity index is 1.25. The fourth-order valence-corrected chi connectivity index (χ4v) is 7.16. The van der Waals surface area contributed by atoms with Crippen LogP contribution in [0.1, 0.15) is 56.6 Å². The first-order chi connectivity index (χ1) is 14.5. The number of rotatable bonds is 7. The molecule has 6 rings (SSSR count). The summed E-state index contributed by atoms with van der Waals surface area (Å²) in [5, 5.41) is 3.88. The maximum absolute atomic E-state index is 13.1. The molecule has 160 valence electrons. The first-order valence-electron chi connectivity index (χ1n) is 11.4. The third kappa shape index (κ3) is 4.18. The van der Waals surface area contributed by atoms with Gasteiger partial charge in [-0.15, -0.1) is 0 Å². The average molecular weight is 472 g/mol. The minimum Gasteiger partial charge on any atom is -0.489 e. The second-order valence-electron chi connectivity index (χ2n) is 10.0. The first kappa shape index (κ1) is 20.5. The number of benzene rings is 2. The van der Waals surface area contributed by atoms with Crippen LogP contribution in [0.25, 0.3) is 0 Å². The topological polar surface area (TPSA) is 21.3 Å². The Morgan fingerprint density at radius 3 is 2.30 bits per heavy atom. The minimum absolute atomic E-state index is 0.217. The molecular formula is C26H31BrFNO. The maximum Gasteiger partial charge on any atom is 0.124 e. The van der Waals surface area contributed by atoms with E-state index in [0.29, 0.717) is 18.1 Å². The Morgan fingerprint density at radius 1 is 1.03 bits per heavy atom. The SMILES string of the molecule is C[C@@H](NCc1cc(Br)ccc1OCc1ccc(F)cc1)C12CC3CC(CC(C3)C1)C2. The summed E-state index contributed by atoms with van der Waals surface area (Å²) < 4.78 is 20.3. The van der Waals surface area contributed by atoms with Gasteiger partial charge in [0.15, 0.2) is 0 Å². The van der Waals surface area contributed by atoms with Crippen LogP contribution in [0.4, 0.5) is 4.39 Å². The third-order valence-electron chi connectivity index (χ3n) is 7.93. The van der Waals surface area contributed by atoms with E-state index in [4.69, 9.17) is 4.74 Å². The second-order valence-corrected chi connectivity index (χ2v) is 11.0. The van der Waals surface area contributed by atoms with Gasteiger partial charge >= 0.3 is 0 Å². The molecule has 1 N–H and O–H groups in total. The lowest BCUT2D eigenvalue weighted by molar-refractivity contribution is -0.0706. The summed E-state index contributed by atoms with van der Waals surface area (Å²) in [6, 6.07) is 13.2. The first-order valence-corrected chi connectivity index (χ1v) is 12.2.